The molecule has 164 valence electrons. The number of hydrogen-bond acceptors (Lipinski definition) is 6. The quantitative estimate of drug-likeness (QED) is 0.632. The van der Waals surface area contributed by atoms with E-state index >= 15 is 0 Å². The second-order valence-electron chi connectivity index (χ2n) is 8.65. The van der Waals surface area contributed by atoms with Gasteiger partial charge in [0, 0.05) is 31.1 Å². The summed E-state index contributed by atoms with van der Waals surface area (Å²) in [5.74, 6) is 0.846. The van der Waals surface area contributed by atoms with Crippen LogP contribution in [-0.4, -0.2) is 31.2 Å². The van der Waals surface area contributed by atoms with Gasteiger partial charge in [-0.3, -0.25) is 9.69 Å². The maximum Gasteiger partial charge on any atom is 0.227 e. The highest BCUT2D eigenvalue weighted by molar-refractivity contribution is 7.90. The minimum Gasteiger partial charge on any atom is -0.486 e. The fourth-order valence-corrected chi connectivity index (χ4v) is 5.78. The minimum absolute atomic E-state index is 0.0501. The molecular weight excluding hydrogens is 416 g/mol. The Morgan fingerprint density at radius 2 is 1.87 bits per heavy atom. The minimum atomic E-state index is -3.21. The second-order valence-corrected chi connectivity index (χ2v) is 10.6. The van der Waals surface area contributed by atoms with Crippen LogP contribution in [0.3, 0.4) is 0 Å². The fraction of sp³-hybridized carbons (Fsp3) is 0.435. The van der Waals surface area contributed by atoms with Crippen molar-refractivity contribution in [3.05, 3.63) is 75.9 Å². The topological polar surface area (TPSA) is 88.8 Å². The smallest absolute Gasteiger partial charge is 0.227 e. The van der Waals surface area contributed by atoms with Crippen LogP contribution in [0.4, 0.5) is 0 Å². The van der Waals surface area contributed by atoms with Gasteiger partial charge in [0.15, 0.2) is 0 Å². The van der Waals surface area contributed by atoms with Gasteiger partial charge in [0.1, 0.15) is 12.0 Å². The number of benzene rings is 1. The van der Waals surface area contributed by atoms with Crippen LogP contribution >= 0.6 is 0 Å². The molecule has 3 aliphatic rings. The maximum absolute atomic E-state index is 12.5. The van der Waals surface area contributed by atoms with Gasteiger partial charge in [-0.1, -0.05) is 36.4 Å². The van der Waals surface area contributed by atoms with Crippen LogP contribution in [0.15, 0.2) is 58.0 Å². The van der Waals surface area contributed by atoms with Crippen LogP contribution in [0, 0.1) is 5.92 Å². The number of sulfonamides is 1. The van der Waals surface area contributed by atoms with E-state index in [-0.39, 0.29) is 28.4 Å². The number of fused-ring (bicyclic) bond motifs is 1. The summed E-state index contributed by atoms with van der Waals surface area (Å²) in [6, 6.07) is 9.62. The van der Waals surface area contributed by atoms with Crippen molar-refractivity contribution in [1.29, 1.82) is 0 Å². The molecule has 2 heterocycles. The van der Waals surface area contributed by atoms with Gasteiger partial charge >= 0.3 is 0 Å². The lowest BCUT2D eigenvalue weighted by molar-refractivity contribution is 0.236. The Bertz CT molecular complexity index is 1130. The van der Waals surface area contributed by atoms with Gasteiger partial charge < -0.3 is 9.15 Å². The molecule has 8 heteroatoms. The maximum atomic E-state index is 12.5. The highest BCUT2D eigenvalue weighted by Gasteiger charge is 2.37. The van der Waals surface area contributed by atoms with Crippen molar-refractivity contribution in [2.75, 3.05) is 6.61 Å². The molecular formula is C23H26N2O5S. The number of nitrogens with one attached hydrogen (secondary N) is 1. The van der Waals surface area contributed by atoms with Crippen LogP contribution in [0.1, 0.15) is 36.1 Å². The van der Waals surface area contributed by atoms with Gasteiger partial charge in [-0.15, -0.1) is 0 Å². The van der Waals surface area contributed by atoms with Crippen molar-refractivity contribution in [3.63, 3.8) is 0 Å². The first-order chi connectivity index (χ1) is 15.0. The summed E-state index contributed by atoms with van der Waals surface area (Å²) < 4.78 is 38.2. The molecule has 1 aliphatic heterocycles. The monoisotopic (exact) mass is 442 g/mol. The molecule has 2 aromatic rings. The Balaban J connectivity index is 1.12. The molecule has 1 aromatic carbocycles. The fourth-order valence-electron chi connectivity index (χ4n) is 4.23. The van der Waals surface area contributed by atoms with E-state index < -0.39 is 10.0 Å². The third-order valence-electron chi connectivity index (χ3n) is 6.04. The Hall–Kier alpha value is -2.42. The van der Waals surface area contributed by atoms with E-state index in [1.54, 1.807) is 0 Å². The number of rotatable bonds is 8. The summed E-state index contributed by atoms with van der Waals surface area (Å²) in [5, 5.41) is -0.228. The molecule has 0 bridgehead atoms. The summed E-state index contributed by atoms with van der Waals surface area (Å²) in [6.07, 6.45) is 7.32. The third-order valence-corrected chi connectivity index (χ3v) is 8.02. The van der Waals surface area contributed by atoms with Crippen molar-refractivity contribution >= 4 is 10.0 Å². The van der Waals surface area contributed by atoms with Crippen LogP contribution in [-0.2, 0) is 29.7 Å². The standard InChI is InChI=1S/C23H26N2O5S/c26-22-10-20(13-25-11-17-3-1-2-4-18(17)12-25)29-15-23(22)30-14-16-5-6-19(9-16)24-31(27,28)21-7-8-21/h1-6,10,15-16,19,21,24H,7-9,11-14H2. The Morgan fingerprint density at radius 3 is 2.55 bits per heavy atom. The Labute approximate surface area is 181 Å². The van der Waals surface area contributed by atoms with Crippen LogP contribution < -0.4 is 14.9 Å². The molecule has 0 saturated heterocycles. The second kappa shape index (κ2) is 8.26. The zero-order valence-corrected chi connectivity index (χ0v) is 18.0. The predicted octanol–water partition coefficient (Wildman–Crippen LogP) is 2.56. The SMILES string of the molecule is O=c1cc(CN2Cc3ccccc3C2)occ1OCC1C=CC(NS(=O)(=O)C2CC2)C1. The summed E-state index contributed by atoms with van der Waals surface area (Å²) in [7, 11) is -3.21. The van der Waals surface area contributed by atoms with Gasteiger partial charge in [-0.2, -0.15) is 0 Å². The summed E-state index contributed by atoms with van der Waals surface area (Å²) in [5.41, 5.74) is 2.42. The Kier molecular flexibility index (Phi) is 5.45. The van der Waals surface area contributed by atoms with E-state index in [4.69, 9.17) is 9.15 Å². The molecule has 2 aliphatic carbocycles. The summed E-state index contributed by atoms with van der Waals surface area (Å²) in [4.78, 5) is 14.7. The van der Waals surface area contributed by atoms with Crippen molar-refractivity contribution in [3.8, 4) is 5.75 Å². The molecule has 0 amide bonds. The van der Waals surface area contributed by atoms with Crippen molar-refractivity contribution in [2.45, 2.75) is 50.2 Å². The molecule has 0 radical (unpaired) electrons. The first-order valence-electron chi connectivity index (χ1n) is 10.7. The van der Waals surface area contributed by atoms with Gasteiger partial charge in [-0.25, -0.2) is 13.1 Å². The van der Waals surface area contributed by atoms with E-state index in [0.29, 0.717) is 25.3 Å². The van der Waals surface area contributed by atoms with Crippen molar-refractivity contribution < 1.29 is 17.6 Å². The third kappa shape index (κ3) is 4.76. The van der Waals surface area contributed by atoms with Crippen LogP contribution in [0.2, 0.25) is 0 Å². The average molecular weight is 443 g/mol. The number of hydrogen-bond donors (Lipinski definition) is 1. The number of ether oxygens (including phenoxy) is 1. The number of nitrogens with zero attached hydrogens (tertiary/aromatic N) is 1. The van der Waals surface area contributed by atoms with Crippen molar-refractivity contribution in [1.82, 2.24) is 9.62 Å². The van der Waals surface area contributed by atoms with E-state index in [1.165, 1.54) is 23.5 Å². The zero-order valence-electron chi connectivity index (χ0n) is 17.2. The van der Waals surface area contributed by atoms with Gasteiger partial charge in [-0.05, 0) is 30.4 Å². The molecule has 1 N–H and O–H groups in total. The predicted molar refractivity (Wildman–Crippen MR) is 116 cm³/mol. The molecule has 0 spiro atoms. The normalized spacial score (nSPS) is 23.2. The van der Waals surface area contributed by atoms with Gasteiger partial charge in [0.2, 0.25) is 21.2 Å². The zero-order chi connectivity index (χ0) is 21.4. The molecule has 2 unspecified atom stereocenters. The van der Waals surface area contributed by atoms with E-state index in [1.807, 2.05) is 24.3 Å². The van der Waals surface area contributed by atoms with Crippen LogP contribution in [0.5, 0.6) is 5.75 Å². The highest BCUT2D eigenvalue weighted by Crippen LogP contribution is 2.29. The average Bonchev–Trinajstić information content (AvgIpc) is 3.40. The molecule has 1 fully saturated rings. The summed E-state index contributed by atoms with van der Waals surface area (Å²) >= 11 is 0. The lowest BCUT2D eigenvalue weighted by Crippen LogP contribution is -2.35. The van der Waals surface area contributed by atoms with Gasteiger partial charge in [0.25, 0.3) is 0 Å². The Morgan fingerprint density at radius 1 is 1.13 bits per heavy atom. The van der Waals surface area contributed by atoms with Crippen molar-refractivity contribution in [2.24, 2.45) is 5.92 Å². The highest BCUT2D eigenvalue weighted by atomic mass is 32.2. The lowest BCUT2D eigenvalue weighted by atomic mass is 10.1. The molecule has 31 heavy (non-hydrogen) atoms. The van der Waals surface area contributed by atoms with Crippen LogP contribution in [0.25, 0.3) is 0 Å². The van der Waals surface area contributed by atoms with Gasteiger partial charge in [0.05, 0.1) is 18.4 Å². The largest absolute Gasteiger partial charge is 0.486 e. The first kappa shape index (κ1) is 20.5. The molecule has 1 saturated carbocycles. The molecule has 5 rings (SSSR count). The van der Waals surface area contributed by atoms with E-state index in [0.717, 1.165) is 25.9 Å². The van der Waals surface area contributed by atoms with E-state index in [2.05, 4.69) is 21.8 Å². The molecule has 1 aromatic heterocycles. The molecule has 2 atom stereocenters. The van der Waals surface area contributed by atoms with E-state index in [9.17, 15) is 13.2 Å². The first-order valence-corrected chi connectivity index (χ1v) is 12.2. The lowest BCUT2D eigenvalue weighted by Gasteiger charge is -2.15. The summed E-state index contributed by atoms with van der Waals surface area (Å²) in [6.45, 7) is 2.57. The molecule has 7 nitrogen and oxygen atoms in total.